The minimum atomic E-state index is -6.00. The van der Waals surface area contributed by atoms with E-state index in [1.807, 2.05) is 33.4 Å². The van der Waals surface area contributed by atoms with Crippen molar-refractivity contribution in [2.45, 2.75) is 57.8 Å². The van der Waals surface area contributed by atoms with E-state index < -0.39 is 7.25 Å². The fraction of sp³-hybridized carbons (Fsp3) is 0.500. The Morgan fingerprint density at radius 1 is 0.481 bits per heavy atom. The molecular weight excluding hydrogens is 406 g/mol. The van der Waals surface area contributed by atoms with Crippen molar-refractivity contribution in [3.63, 3.8) is 0 Å². The minimum absolute atomic E-state index is 0. The fourth-order valence-electron chi connectivity index (χ4n) is 4.23. The second-order valence-corrected chi connectivity index (χ2v) is 5.93. The zero-order valence-corrected chi connectivity index (χ0v) is 15.7. The van der Waals surface area contributed by atoms with E-state index >= 15 is 0 Å². The maximum Gasteiger partial charge on any atom is 0 e. The van der Waals surface area contributed by atoms with Crippen molar-refractivity contribution >= 4 is 7.25 Å². The largest absolute Gasteiger partial charge is 0 e. The summed E-state index contributed by atoms with van der Waals surface area (Å²) in [4.78, 5) is 0. The first kappa shape index (κ1) is 28.0. The van der Waals surface area contributed by atoms with Crippen LogP contribution in [0, 0.1) is 20.0 Å². The maximum atomic E-state index is 9.75. The van der Waals surface area contributed by atoms with Crippen LogP contribution in [0.2, 0.25) is 0 Å². The summed E-state index contributed by atoms with van der Waals surface area (Å²) in [6.07, 6.45) is 12.6. The Morgan fingerprint density at radius 3 is 0.704 bits per heavy atom. The van der Waals surface area contributed by atoms with E-state index in [1.54, 1.807) is 0 Å². The molecule has 0 aliphatic heterocycles. The van der Waals surface area contributed by atoms with Gasteiger partial charge in [-0.25, -0.2) is 0 Å². The van der Waals surface area contributed by atoms with Gasteiger partial charge < -0.3 is 17.3 Å². The zero-order valence-electron chi connectivity index (χ0n) is 14.6. The Balaban J connectivity index is 0. The Hall–Kier alpha value is -1.26. The topological polar surface area (TPSA) is 59.7 Å². The second kappa shape index (κ2) is 13.8. The molecule has 0 amide bonds. The summed E-state index contributed by atoms with van der Waals surface area (Å²) < 4.78 is 61.5. The Kier molecular flexibility index (Phi) is 14.3. The smallest absolute Gasteiger partial charge is 0 e. The number of fused-ring (bicyclic) bond motifs is 6. The van der Waals surface area contributed by atoms with Gasteiger partial charge in [-0.2, -0.15) is 0 Å². The first-order valence-corrected chi connectivity index (χ1v) is 8.11. The van der Waals surface area contributed by atoms with Gasteiger partial charge in [0.15, 0.2) is 0 Å². The summed E-state index contributed by atoms with van der Waals surface area (Å²) in [5, 5.41) is 0. The van der Waals surface area contributed by atoms with Crippen molar-refractivity contribution in [3.05, 3.63) is 53.3 Å². The molecule has 0 heterocycles. The summed E-state index contributed by atoms with van der Waals surface area (Å²) in [5.74, 6) is 0. The standard InChI is InChI=1S/C15H18.3CO.BF4.Mn/c1-4-10-11(5-1)13-7-3-9-15(13)14-8-2-6-12(10)14;3*1-2;2-1(3,4)5;/h1-9H2;;;;;/q;;;;-1;. The van der Waals surface area contributed by atoms with E-state index in [2.05, 4.69) is 20.0 Å². The van der Waals surface area contributed by atoms with Crippen LogP contribution in [-0.2, 0) is 69.6 Å². The van der Waals surface area contributed by atoms with Gasteiger partial charge in [-0.3, -0.25) is 0 Å². The van der Waals surface area contributed by atoms with Crippen LogP contribution in [0.1, 0.15) is 52.6 Å². The van der Waals surface area contributed by atoms with E-state index in [4.69, 9.17) is 14.0 Å². The molecule has 3 nitrogen and oxygen atoms in total. The van der Waals surface area contributed by atoms with Crippen molar-refractivity contribution in [2.24, 2.45) is 0 Å². The van der Waals surface area contributed by atoms with E-state index in [1.165, 1.54) is 57.8 Å². The molecule has 0 spiro atoms. The minimum Gasteiger partial charge on any atom is 0 e. The molecule has 0 N–H and O–H groups in total. The second-order valence-electron chi connectivity index (χ2n) is 5.93. The molecule has 0 aromatic heterocycles. The fourth-order valence-corrected chi connectivity index (χ4v) is 4.23. The molecule has 1 aromatic rings. The number of hydrogen-bond acceptors (Lipinski definition) is 0. The summed E-state index contributed by atoms with van der Waals surface area (Å²) in [6, 6.07) is 0. The quantitative estimate of drug-likeness (QED) is 0.258. The van der Waals surface area contributed by atoms with Crippen molar-refractivity contribution in [1.29, 1.82) is 0 Å². The van der Waals surface area contributed by atoms with Crippen LogP contribution in [0.25, 0.3) is 0 Å². The van der Waals surface area contributed by atoms with Gasteiger partial charge in [0.05, 0.1) is 0 Å². The van der Waals surface area contributed by atoms with Gasteiger partial charge in [-0.1, -0.05) is 0 Å². The molecular formula is C18H18BF4MnO3-. The molecule has 27 heavy (non-hydrogen) atoms. The number of hydrogen-bond donors (Lipinski definition) is 0. The molecule has 147 valence electrons. The zero-order chi connectivity index (χ0) is 20.3. The molecule has 0 saturated carbocycles. The molecule has 0 atom stereocenters. The summed E-state index contributed by atoms with van der Waals surface area (Å²) in [6.45, 7) is 13.5. The molecule has 0 saturated heterocycles. The van der Waals surface area contributed by atoms with Crippen LogP contribution < -0.4 is 0 Å². The molecule has 1 radical (unpaired) electrons. The van der Waals surface area contributed by atoms with Gasteiger partial charge in [0.2, 0.25) is 0 Å². The molecule has 0 unspecified atom stereocenters. The Morgan fingerprint density at radius 2 is 0.593 bits per heavy atom. The third-order valence-electron chi connectivity index (χ3n) is 4.75. The SMILES string of the molecule is C1Cc2c3c(c4c(c2C1)CCC4)CCC3.F[B-](F)(F)F.[C-]#[O+].[C-]#[O+].[C-]#[O+].[Mn]. The van der Waals surface area contributed by atoms with Crippen molar-refractivity contribution in [1.82, 2.24) is 0 Å². The van der Waals surface area contributed by atoms with Gasteiger partial charge in [0.1, 0.15) is 0 Å². The Bertz CT molecular complexity index is 524. The van der Waals surface area contributed by atoms with Crippen LogP contribution in [0.15, 0.2) is 0 Å². The van der Waals surface area contributed by atoms with Gasteiger partial charge in [-0.15, -0.1) is 0 Å². The van der Waals surface area contributed by atoms with Crippen molar-refractivity contribution in [3.8, 4) is 0 Å². The van der Waals surface area contributed by atoms with Crippen molar-refractivity contribution < 1.29 is 48.3 Å². The van der Waals surface area contributed by atoms with E-state index in [-0.39, 0.29) is 17.1 Å². The van der Waals surface area contributed by atoms with E-state index in [0.29, 0.717) is 0 Å². The third kappa shape index (κ3) is 7.71. The molecule has 1 aromatic carbocycles. The first-order valence-electron chi connectivity index (χ1n) is 8.11. The van der Waals surface area contributed by atoms with Gasteiger partial charge in [0, 0.05) is 17.1 Å². The number of halogens is 4. The van der Waals surface area contributed by atoms with Crippen molar-refractivity contribution in [2.75, 3.05) is 0 Å². The van der Waals surface area contributed by atoms with Gasteiger partial charge in [-0.05, 0) is 91.2 Å². The predicted molar refractivity (Wildman–Crippen MR) is 84.5 cm³/mol. The van der Waals surface area contributed by atoms with Crippen LogP contribution in [0.3, 0.4) is 0 Å². The average molecular weight is 424 g/mol. The first-order chi connectivity index (χ1) is 12.4. The maximum absolute atomic E-state index is 9.75. The van der Waals surface area contributed by atoms with Crippen LogP contribution in [0.5, 0.6) is 0 Å². The molecule has 3 aliphatic rings. The predicted octanol–water partition coefficient (Wildman–Crippen LogP) is 4.34. The normalized spacial score (nSPS) is 14.4. The molecule has 0 fully saturated rings. The van der Waals surface area contributed by atoms with E-state index in [9.17, 15) is 17.3 Å². The molecule has 9 heteroatoms. The molecule has 0 bridgehead atoms. The summed E-state index contributed by atoms with van der Waals surface area (Å²) in [5.41, 5.74) is 10.9. The van der Waals surface area contributed by atoms with Gasteiger partial charge in [0.25, 0.3) is 0 Å². The molecule has 4 rings (SSSR count). The monoisotopic (exact) mass is 424 g/mol. The average Bonchev–Trinajstić information content (AvgIpc) is 3.36. The van der Waals surface area contributed by atoms with Gasteiger partial charge >= 0.3 is 41.2 Å². The summed E-state index contributed by atoms with van der Waals surface area (Å²) in [7, 11) is -6.00. The van der Waals surface area contributed by atoms with Crippen LogP contribution in [0.4, 0.5) is 17.3 Å². The summed E-state index contributed by atoms with van der Waals surface area (Å²) >= 11 is 0. The number of benzene rings is 1. The third-order valence-corrected chi connectivity index (χ3v) is 4.75. The number of rotatable bonds is 0. The van der Waals surface area contributed by atoms with Crippen LogP contribution in [-0.4, -0.2) is 7.25 Å². The van der Waals surface area contributed by atoms with Crippen LogP contribution >= 0.6 is 0 Å². The van der Waals surface area contributed by atoms with E-state index in [0.717, 1.165) is 0 Å². The molecule has 3 aliphatic carbocycles. The Labute approximate surface area is 167 Å².